The van der Waals surface area contributed by atoms with Gasteiger partial charge < -0.3 is 0 Å². The van der Waals surface area contributed by atoms with Crippen LogP contribution in [0.4, 0.5) is 8.78 Å². The summed E-state index contributed by atoms with van der Waals surface area (Å²) in [5, 5.41) is 0. The van der Waals surface area contributed by atoms with Crippen molar-refractivity contribution in [3.8, 4) is 0 Å². The average Bonchev–Trinajstić information content (AvgIpc) is 2.44. The fourth-order valence-corrected chi connectivity index (χ4v) is 5.42. The third kappa shape index (κ3) is 3.94. The van der Waals surface area contributed by atoms with Crippen LogP contribution in [0.15, 0.2) is 48.6 Å². The summed E-state index contributed by atoms with van der Waals surface area (Å²) >= 11 is 14.8. The molecule has 0 radical (unpaired) electrons. The van der Waals surface area contributed by atoms with Crippen LogP contribution in [0, 0.1) is 11.8 Å². The maximum absolute atomic E-state index is 12.8. The molecule has 0 spiro atoms. The molecule has 2 rings (SSSR count). The van der Waals surface area contributed by atoms with Crippen LogP contribution < -0.4 is 0 Å². The molecule has 0 aliphatic heterocycles. The van der Waals surface area contributed by atoms with E-state index in [-0.39, 0.29) is 11.8 Å². The standard InChI is InChI=1S/C16H18Cl2F2S/c17-15(9-3-1-5-13(15)7-11-19)21-16(18)10-4-2-6-14(16)8-12-20/h1-6,9-10,13-14H,7-8,11-12H2. The van der Waals surface area contributed by atoms with Gasteiger partial charge in [-0.1, -0.05) is 48.6 Å². The third-order valence-electron chi connectivity index (χ3n) is 3.72. The fourth-order valence-electron chi connectivity index (χ4n) is 2.56. The predicted molar refractivity (Wildman–Crippen MR) is 89.5 cm³/mol. The minimum atomic E-state index is -0.813. The minimum Gasteiger partial charge on any atom is -0.251 e. The van der Waals surface area contributed by atoms with Gasteiger partial charge >= 0.3 is 0 Å². The molecule has 0 N–H and O–H groups in total. The van der Waals surface area contributed by atoms with Crippen LogP contribution >= 0.6 is 35.0 Å². The molecule has 0 saturated heterocycles. The Bertz CT molecular complexity index is 433. The van der Waals surface area contributed by atoms with Gasteiger partial charge in [-0.3, -0.25) is 8.78 Å². The molecule has 0 bridgehead atoms. The molecular weight excluding hydrogens is 333 g/mol. The molecule has 0 aromatic rings. The van der Waals surface area contributed by atoms with E-state index in [1.54, 1.807) is 0 Å². The summed E-state index contributed by atoms with van der Waals surface area (Å²) in [5.41, 5.74) is 0. The molecule has 2 aliphatic carbocycles. The lowest BCUT2D eigenvalue weighted by molar-refractivity contribution is 0.412. The molecule has 116 valence electrons. The first-order chi connectivity index (χ1) is 10.0. The van der Waals surface area contributed by atoms with Crippen LogP contribution in [0.1, 0.15) is 12.8 Å². The minimum absolute atomic E-state index is 0.139. The Hall–Kier alpha value is -0.250. The summed E-state index contributed by atoms with van der Waals surface area (Å²) in [7, 11) is 0. The van der Waals surface area contributed by atoms with E-state index in [0.29, 0.717) is 12.8 Å². The Morgan fingerprint density at radius 3 is 1.62 bits per heavy atom. The molecule has 0 fully saturated rings. The molecule has 0 nitrogen and oxygen atoms in total. The summed E-state index contributed by atoms with van der Waals surface area (Å²) in [6.45, 7) is -0.867. The molecule has 0 amide bonds. The second-order valence-corrected chi connectivity index (χ2v) is 8.41. The first-order valence-electron chi connectivity index (χ1n) is 6.96. The highest BCUT2D eigenvalue weighted by Gasteiger charge is 2.45. The van der Waals surface area contributed by atoms with Gasteiger partial charge in [-0.05, 0) is 12.8 Å². The number of hydrogen-bond donors (Lipinski definition) is 0. The Morgan fingerprint density at radius 1 is 0.810 bits per heavy atom. The summed E-state index contributed by atoms with van der Waals surface area (Å²) in [6, 6.07) is 0. The number of rotatable bonds is 6. The molecule has 2 aliphatic rings. The highest BCUT2D eigenvalue weighted by molar-refractivity contribution is 8.04. The first kappa shape index (κ1) is 17.1. The van der Waals surface area contributed by atoms with E-state index >= 15 is 0 Å². The molecule has 0 aromatic carbocycles. The first-order valence-corrected chi connectivity index (χ1v) is 8.53. The summed E-state index contributed by atoms with van der Waals surface area (Å²) in [6.07, 6.45) is 15.7. The van der Waals surface area contributed by atoms with Crippen LogP contribution in [-0.4, -0.2) is 21.8 Å². The number of thioether (sulfide) groups is 1. The van der Waals surface area contributed by atoms with Crippen LogP contribution in [-0.2, 0) is 0 Å². The van der Waals surface area contributed by atoms with Crippen LogP contribution in [0.3, 0.4) is 0 Å². The summed E-state index contributed by atoms with van der Waals surface area (Å²) in [4.78, 5) is 0. The lowest BCUT2D eigenvalue weighted by atomic mass is 9.96. The molecular formula is C16H18Cl2F2S. The van der Waals surface area contributed by atoms with Gasteiger partial charge in [-0.15, -0.1) is 35.0 Å². The van der Waals surface area contributed by atoms with Crippen molar-refractivity contribution in [2.45, 2.75) is 21.3 Å². The zero-order valence-corrected chi connectivity index (χ0v) is 13.9. The summed E-state index contributed by atoms with van der Waals surface area (Å²) in [5.74, 6) is -0.278. The maximum atomic E-state index is 12.8. The van der Waals surface area contributed by atoms with Gasteiger partial charge in [0.2, 0.25) is 0 Å². The number of hydrogen-bond acceptors (Lipinski definition) is 1. The second-order valence-electron chi connectivity index (χ2n) is 5.15. The zero-order chi connectivity index (χ0) is 15.3. The van der Waals surface area contributed by atoms with E-state index in [1.807, 2.05) is 48.6 Å². The monoisotopic (exact) mass is 350 g/mol. The Kier molecular flexibility index (Phi) is 5.98. The normalized spacial score (nSPS) is 38.1. The second kappa shape index (κ2) is 7.34. The van der Waals surface area contributed by atoms with Gasteiger partial charge in [0.1, 0.15) is 8.41 Å². The van der Waals surface area contributed by atoms with Gasteiger partial charge in [-0.2, -0.15) is 0 Å². The molecule has 0 saturated carbocycles. The lowest BCUT2D eigenvalue weighted by Crippen LogP contribution is -2.36. The van der Waals surface area contributed by atoms with Gasteiger partial charge in [0.25, 0.3) is 0 Å². The van der Waals surface area contributed by atoms with E-state index in [0.717, 1.165) is 0 Å². The molecule has 0 heterocycles. The van der Waals surface area contributed by atoms with Crippen molar-refractivity contribution in [2.75, 3.05) is 13.3 Å². The van der Waals surface area contributed by atoms with Crippen molar-refractivity contribution in [3.05, 3.63) is 48.6 Å². The highest BCUT2D eigenvalue weighted by atomic mass is 35.5. The SMILES string of the molecule is FCCC1C=CC=CC1(Cl)SC1(Cl)C=CC=CC1CCF. The van der Waals surface area contributed by atoms with Gasteiger partial charge in [0.15, 0.2) is 0 Å². The number of allylic oxidation sites excluding steroid dienone is 6. The van der Waals surface area contributed by atoms with Gasteiger partial charge in [-0.25, -0.2) is 0 Å². The van der Waals surface area contributed by atoms with Crippen molar-refractivity contribution < 1.29 is 8.78 Å². The highest BCUT2D eigenvalue weighted by Crippen LogP contribution is 2.55. The van der Waals surface area contributed by atoms with E-state index in [1.165, 1.54) is 11.8 Å². The molecule has 0 aromatic heterocycles. The Balaban J connectivity index is 2.20. The van der Waals surface area contributed by atoms with Crippen molar-refractivity contribution in [1.82, 2.24) is 0 Å². The number of halogens is 4. The topological polar surface area (TPSA) is 0 Å². The fraction of sp³-hybridized carbons (Fsp3) is 0.500. The molecule has 5 heteroatoms. The van der Waals surface area contributed by atoms with Crippen molar-refractivity contribution in [3.63, 3.8) is 0 Å². The van der Waals surface area contributed by atoms with Crippen molar-refractivity contribution >= 4 is 35.0 Å². The van der Waals surface area contributed by atoms with Crippen molar-refractivity contribution in [1.29, 1.82) is 0 Å². The van der Waals surface area contributed by atoms with Gasteiger partial charge in [0.05, 0.1) is 13.3 Å². The molecule has 4 unspecified atom stereocenters. The lowest BCUT2D eigenvalue weighted by Gasteiger charge is -2.41. The van der Waals surface area contributed by atoms with E-state index < -0.39 is 21.8 Å². The quantitative estimate of drug-likeness (QED) is 0.546. The van der Waals surface area contributed by atoms with E-state index in [2.05, 4.69) is 0 Å². The largest absolute Gasteiger partial charge is 0.251 e. The summed E-state index contributed by atoms with van der Waals surface area (Å²) < 4.78 is 23.9. The third-order valence-corrected chi connectivity index (χ3v) is 6.50. The molecule has 4 atom stereocenters. The van der Waals surface area contributed by atoms with Gasteiger partial charge in [0, 0.05) is 11.8 Å². The van der Waals surface area contributed by atoms with Crippen LogP contribution in [0.5, 0.6) is 0 Å². The van der Waals surface area contributed by atoms with E-state index in [4.69, 9.17) is 23.2 Å². The molecule has 21 heavy (non-hydrogen) atoms. The number of alkyl halides is 4. The Labute approximate surface area is 139 Å². The van der Waals surface area contributed by atoms with Crippen LogP contribution in [0.25, 0.3) is 0 Å². The van der Waals surface area contributed by atoms with E-state index in [9.17, 15) is 8.78 Å². The smallest absolute Gasteiger partial charge is 0.116 e. The Morgan fingerprint density at radius 2 is 1.24 bits per heavy atom. The maximum Gasteiger partial charge on any atom is 0.116 e. The zero-order valence-electron chi connectivity index (χ0n) is 11.5. The van der Waals surface area contributed by atoms with Crippen molar-refractivity contribution in [2.24, 2.45) is 11.8 Å². The van der Waals surface area contributed by atoms with Crippen LogP contribution in [0.2, 0.25) is 0 Å². The average molecular weight is 351 g/mol. The predicted octanol–water partition coefficient (Wildman–Crippen LogP) is 5.79.